The molecule has 0 aliphatic carbocycles. The third-order valence-corrected chi connectivity index (χ3v) is 3.68. The first-order valence-electron chi connectivity index (χ1n) is 6.60. The molecule has 2 N–H and O–H groups in total. The van der Waals surface area contributed by atoms with Crippen LogP contribution in [0.5, 0.6) is 23.0 Å². The van der Waals surface area contributed by atoms with E-state index in [2.05, 4.69) is 21.2 Å². The third-order valence-electron chi connectivity index (χ3n) is 3.19. The zero-order valence-corrected chi connectivity index (χ0v) is 14.2. The molecule has 0 bridgehead atoms. The van der Waals surface area contributed by atoms with Crippen LogP contribution in [0.4, 0.5) is 5.69 Å². The van der Waals surface area contributed by atoms with Crippen molar-refractivity contribution in [3.8, 4) is 23.0 Å². The summed E-state index contributed by atoms with van der Waals surface area (Å²) < 4.78 is 16.8. The van der Waals surface area contributed by atoms with Crippen molar-refractivity contribution >= 4 is 21.6 Å². The fraction of sp³-hybridized carbons (Fsp3) is 0.250. The Hall–Kier alpha value is -2.08. The van der Waals surface area contributed by atoms with Gasteiger partial charge in [0.2, 0.25) is 5.75 Å². The highest BCUT2D eigenvalue weighted by Crippen LogP contribution is 2.40. The lowest BCUT2D eigenvalue weighted by atomic mass is 10.2. The van der Waals surface area contributed by atoms with E-state index in [-0.39, 0.29) is 5.75 Å². The van der Waals surface area contributed by atoms with Gasteiger partial charge < -0.3 is 24.6 Å². The smallest absolute Gasteiger partial charge is 0.203 e. The monoisotopic (exact) mass is 367 g/mol. The maximum Gasteiger partial charge on any atom is 0.203 e. The quantitative estimate of drug-likeness (QED) is 0.813. The minimum atomic E-state index is 0.239. The molecule has 0 saturated carbocycles. The average Bonchev–Trinajstić information content (AvgIpc) is 2.54. The topological polar surface area (TPSA) is 60.0 Å². The molecule has 0 spiro atoms. The van der Waals surface area contributed by atoms with Crippen molar-refractivity contribution in [1.82, 2.24) is 0 Å². The number of phenols is 1. The van der Waals surface area contributed by atoms with E-state index in [9.17, 15) is 5.11 Å². The van der Waals surface area contributed by atoms with Gasteiger partial charge in [-0.05, 0) is 18.2 Å². The minimum absolute atomic E-state index is 0.239. The van der Waals surface area contributed by atoms with E-state index >= 15 is 0 Å². The summed E-state index contributed by atoms with van der Waals surface area (Å²) in [5.41, 5.74) is 1.58. The second kappa shape index (κ2) is 7.26. The molecular formula is C16H18BrNO4. The molecule has 5 nitrogen and oxygen atoms in total. The molecular weight excluding hydrogens is 350 g/mol. The molecule has 22 heavy (non-hydrogen) atoms. The van der Waals surface area contributed by atoms with E-state index < -0.39 is 0 Å². The number of nitrogens with one attached hydrogen (secondary N) is 1. The van der Waals surface area contributed by atoms with Crippen LogP contribution in [0.2, 0.25) is 0 Å². The van der Waals surface area contributed by atoms with Crippen LogP contribution in [0, 0.1) is 0 Å². The van der Waals surface area contributed by atoms with Crippen LogP contribution in [-0.4, -0.2) is 26.4 Å². The highest BCUT2D eigenvalue weighted by atomic mass is 79.9. The Morgan fingerprint density at radius 1 is 1.00 bits per heavy atom. The molecule has 2 rings (SSSR count). The highest BCUT2D eigenvalue weighted by molar-refractivity contribution is 9.10. The Bertz CT molecular complexity index is 636. The van der Waals surface area contributed by atoms with Crippen molar-refractivity contribution in [2.24, 2.45) is 0 Å². The fourth-order valence-electron chi connectivity index (χ4n) is 2.08. The number of ether oxygens (including phenoxy) is 3. The van der Waals surface area contributed by atoms with Gasteiger partial charge in [-0.2, -0.15) is 0 Å². The number of benzene rings is 2. The molecule has 6 heteroatoms. The van der Waals surface area contributed by atoms with Crippen molar-refractivity contribution in [2.75, 3.05) is 26.6 Å². The van der Waals surface area contributed by atoms with E-state index in [1.807, 2.05) is 18.2 Å². The van der Waals surface area contributed by atoms with Gasteiger partial charge in [0, 0.05) is 34.4 Å². The van der Waals surface area contributed by atoms with Gasteiger partial charge in [-0.1, -0.05) is 15.9 Å². The average molecular weight is 368 g/mol. The van der Waals surface area contributed by atoms with Gasteiger partial charge in [0.25, 0.3) is 0 Å². The number of hydrogen-bond donors (Lipinski definition) is 2. The maximum atomic E-state index is 9.87. The molecule has 2 aromatic carbocycles. The number of hydrogen-bond acceptors (Lipinski definition) is 5. The van der Waals surface area contributed by atoms with Gasteiger partial charge in [0.05, 0.1) is 21.3 Å². The summed E-state index contributed by atoms with van der Waals surface area (Å²) in [7, 11) is 4.70. The summed E-state index contributed by atoms with van der Waals surface area (Å²) >= 11 is 3.39. The van der Waals surface area contributed by atoms with Crippen LogP contribution in [0.15, 0.2) is 34.8 Å². The van der Waals surface area contributed by atoms with Crippen LogP contribution < -0.4 is 19.5 Å². The molecule has 0 heterocycles. The number of aromatic hydroxyl groups is 1. The Kier molecular flexibility index (Phi) is 5.38. The zero-order chi connectivity index (χ0) is 16.1. The molecule has 0 radical (unpaired) electrons. The van der Waals surface area contributed by atoms with E-state index in [0.717, 1.165) is 15.7 Å². The first kappa shape index (κ1) is 16.3. The largest absolute Gasteiger partial charge is 0.508 e. The molecule has 0 aliphatic heterocycles. The van der Waals surface area contributed by atoms with E-state index in [0.29, 0.717) is 23.8 Å². The van der Waals surface area contributed by atoms with Gasteiger partial charge in [0.15, 0.2) is 11.5 Å². The lowest BCUT2D eigenvalue weighted by Gasteiger charge is -2.15. The standard InChI is InChI=1S/C16H18BrNO4/c1-20-14-7-12(8-15(21-2)16(14)22-3)18-9-10-6-11(17)4-5-13(10)19/h4-8,18-19H,9H2,1-3H3. The molecule has 0 saturated heterocycles. The van der Waals surface area contributed by atoms with Crippen LogP contribution >= 0.6 is 15.9 Å². The van der Waals surface area contributed by atoms with Gasteiger partial charge in [0.1, 0.15) is 5.75 Å². The first-order chi connectivity index (χ1) is 10.6. The van der Waals surface area contributed by atoms with Crippen molar-refractivity contribution in [2.45, 2.75) is 6.54 Å². The Labute approximate surface area is 138 Å². The van der Waals surface area contributed by atoms with Crippen LogP contribution in [0.1, 0.15) is 5.56 Å². The lowest BCUT2D eigenvalue weighted by molar-refractivity contribution is 0.324. The molecule has 0 unspecified atom stereocenters. The second-order valence-corrected chi connectivity index (χ2v) is 5.46. The first-order valence-corrected chi connectivity index (χ1v) is 7.39. The third kappa shape index (κ3) is 3.57. The minimum Gasteiger partial charge on any atom is -0.508 e. The molecule has 0 atom stereocenters. The predicted molar refractivity (Wildman–Crippen MR) is 89.2 cm³/mol. The van der Waals surface area contributed by atoms with Gasteiger partial charge in [-0.15, -0.1) is 0 Å². The number of phenolic OH excluding ortho intramolecular Hbond substituents is 1. The summed E-state index contributed by atoms with van der Waals surface area (Å²) in [6.45, 7) is 0.462. The zero-order valence-electron chi connectivity index (χ0n) is 12.6. The SMILES string of the molecule is COc1cc(NCc2cc(Br)ccc2O)cc(OC)c1OC. The lowest BCUT2D eigenvalue weighted by Crippen LogP contribution is -2.02. The molecule has 0 aromatic heterocycles. The molecule has 118 valence electrons. The molecule has 2 aromatic rings. The van der Waals surface area contributed by atoms with Crippen molar-refractivity contribution in [1.29, 1.82) is 0 Å². The Morgan fingerprint density at radius 2 is 1.64 bits per heavy atom. The van der Waals surface area contributed by atoms with Gasteiger partial charge in [-0.25, -0.2) is 0 Å². The van der Waals surface area contributed by atoms with Crippen molar-refractivity contribution < 1.29 is 19.3 Å². The molecule has 0 amide bonds. The Morgan fingerprint density at radius 3 is 2.18 bits per heavy atom. The van der Waals surface area contributed by atoms with E-state index in [1.54, 1.807) is 33.5 Å². The maximum absolute atomic E-state index is 9.87. The van der Waals surface area contributed by atoms with E-state index in [1.165, 1.54) is 0 Å². The normalized spacial score (nSPS) is 10.2. The predicted octanol–water partition coefficient (Wildman–Crippen LogP) is 3.79. The summed E-state index contributed by atoms with van der Waals surface area (Å²) in [6, 6.07) is 8.93. The summed E-state index contributed by atoms with van der Waals surface area (Å²) in [4.78, 5) is 0. The highest BCUT2D eigenvalue weighted by Gasteiger charge is 2.13. The van der Waals surface area contributed by atoms with E-state index in [4.69, 9.17) is 14.2 Å². The van der Waals surface area contributed by atoms with Gasteiger partial charge in [-0.3, -0.25) is 0 Å². The summed E-state index contributed by atoms with van der Waals surface area (Å²) in [5, 5.41) is 13.1. The number of halogens is 1. The summed E-state index contributed by atoms with van der Waals surface area (Å²) in [5.74, 6) is 1.93. The van der Waals surface area contributed by atoms with Crippen molar-refractivity contribution in [3.63, 3.8) is 0 Å². The van der Waals surface area contributed by atoms with Crippen LogP contribution in [0.25, 0.3) is 0 Å². The van der Waals surface area contributed by atoms with Crippen LogP contribution in [-0.2, 0) is 6.54 Å². The fourth-order valence-corrected chi connectivity index (χ4v) is 2.48. The van der Waals surface area contributed by atoms with Crippen molar-refractivity contribution in [3.05, 3.63) is 40.4 Å². The summed E-state index contributed by atoms with van der Waals surface area (Å²) in [6.07, 6.45) is 0. The number of rotatable bonds is 6. The molecule has 0 fully saturated rings. The Balaban J connectivity index is 2.24. The number of methoxy groups -OCH3 is 3. The molecule has 0 aliphatic rings. The van der Waals surface area contributed by atoms with Gasteiger partial charge >= 0.3 is 0 Å². The number of anilines is 1. The second-order valence-electron chi connectivity index (χ2n) is 4.54. The van der Waals surface area contributed by atoms with Crippen LogP contribution in [0.3, 0.4) is 0 Å².